The SMILES string of the molecule is CCC(C)(C)C1CCC(NC2CNC(=O)C2)CC1. The van der Waals surface area contributed by atoms with Crippen molar-refractivity contribution in [3.8, 4) is 0 Å². The molecule has 2 aliphatic rings. The number of rotatable bonds is 4. The van der Waals surface area contributed by atoms with Crippen LogP contribution in [0.25, 0.3) is 0 Å². The van der Waals surface area contributed by atoms with E-state index in [2.05, 4.69) is 31.4 Å². The fourth-order valence-electron chi connectivity index (χ4n) is 3.39. The number of hydrogen-bond acceptors (Lipinski definition) is 2. The highest BCUT2D eigenvalue weighted by Gasteiger charge is 2.33. The Morgan fingerprint density at radius 1 is 1.22 bits per heavy atom. The van der Waals surface area contributed by atoms with Crippen LogP contribution in [0.2, 0.25) is 0 Å². The first-order valence-corrected chi connectivity index (χ1v) is 7.54. The highest BCUT2D eigenvalue weighted by Crippen LogP contribution is 2.40. The van der Waals surface area contributed by atoms with Gasteiger partial charge in [-0.05, 0) is 37.0 Å². The molecule has 2 fully saturated rings. The van der Waals surface area contributed by atoms with Crippen molar-refractivity contribution in [3.05, 3.63) is 0 Å². The summed E-state index contributed by atoms with van der Waals surface area (Å²) >= 11 is 0. The zero-order valence-electron chi connectivity index (χ0n) is 12.1. The molecule has 3 heteroatoms. The number of carbonyl (C=O) groups excluding carboxylic acids is 1. The third-order valence-corrected chi connectivity index (χ3v) is 5.19. The topological polar surface area (TPSA) is 41.1 Å². The van der Waals surface area contributed by atoms with Gasteiger partial charge in [0.05, 0.1) is 0 Å². The van der Waals surface area contributed by atoms with Crippen molar-refractivity contribution in [2.24, 2.45) is 11.3 Å². The maximum atomic E-state index is 11.2. The minimum absolute atomic E-state index is 0.202. The Kier molecular flexibility index (Phi) is 4.31. The van der Waals surface area contributed by atoms with E-state index in [1.165, 1.54) is 32.1 Å². The molecule has 1 aliphatic heterocycles. The highest BCUT2D eigenvalue weighted by molar-refractivity contribution is 5.78. The van der Waals surface area contributed by atoms with Gasteiger partial charge in [-0.15, -0.1) is 0 Å². The third kappa shape index (κ3) is 3.25. The summed E-state index contributed by atoms with van der Waals surface area (Å²) in [5.74, 6) is 1.08. The second-order valence-electron chi connectivity index (χ2n) is 6.76. The Balaban J connectivity index is 1.75. The highest BCUT2D eigenvalue weighted by atomic mass is 16.1. The molecule has 0 aromatic rings. The molecular weight excluding hydrogens is 224 g/mol. The standard InChI is InChI=1S/C15H28N2O/c1-4-15(2,3)11-5-7-12(8-6-11)17-13-9-14(18)16-10-13/h11-13,17H,4-10H2,1-3H3,(H,16,18). The van der Waals surface area contributed by atoms with Gasteiger partial charge in [-0.3, -0.25) is 4.79 Å². The van der Waals surface area contributed by atoms with E-state index in [1.54, 1.807) is 0 Å². The summed E-state index contributed by atoms with van der Waals surface area (Å²) in [6.45, 7) is 7.94. The van der Waals surface area contributed by atoms with Gasteiger partial charge < -0.3 is 10.6 Å². The summed E-state index contributed by atoms with van der Waals surface area (Å²) in [7, 11) is 0. The van der Waals surface area contributed by atoms with Gasteiger partial charge in [0.15, 0.2) is 0 Å². The van der Waals surface area contributed by atoms with Gasteiger partial charge in [-0.1, -0.05) is 27.2 Å². The summed E-state index contributed by atoms with van der Waals surface area (Å²) < 4.78 is 0. The number of nitrogens with one attached hydrogen (secondary N) is 2. The predicted octanol–water partition coefficient (Wildman–Crippen LogP) is 2.46. The molecule has 1 saturated carbocycles. The Bertz CT molecular complexity index is 293. The van der Waals surface area contributed by atoms with Crippen LogP contribution in [0, 0.1) is 11.3 Å². The normalized spacial score (nSPS) is 33.5. The van der Waals surface area contributed by atoms with Crippen LogP contribution < -0.4 is 10.6 Å². The average Bonchev–Trinajstić information content (AvgIpc) is 2.75. The molecule has 0 bridgehead atoms. The van der Waals surface area contributed by atoms with Crippen molar-refractivity contribution in [2.75, 3.05) is 6.54 Å². The third-order valence-electron chi connectivity index (χ3n) is 5.19. The Morgan fingerprint density at radius 3 is 2.39 bits per heavy atom. The van der Waals surface area contributed by atoms with E-state index in [1.807, 2.05) is 0 Å². The minimum atomic E-state index is 0.202. The van der Waals surface area contributed by atoms with E-state index >= 15 is 0 Å². The maximum absolute atomic E-state index is 11.2. The number of hydrogen-bond donors (Lipinski definition) is 2. The van der Waals surface area contributed by atoms with Gasteiger partial charge in [-0.25, -0.2) is 0 Å². The Morgan fingerprint density at radius 2 is 1.89 bits per heavy atom. The molecule has 1 heterocycles. The molecule has 1 atom stereocenters. The second-order valence-corrected chi connectivity index (χ2v) is 6.76. The van der Waals surface area contributed by atoms with E-state index in [-0.39, 0.29) is 5.91 Å². The fraction of sp³-hybridized carbons (Fsp3) is 0.933. The van der Waals surface area contributed by atoms with Gasteiger partial charge >= 0.3 is 0 Å². The van der Waals surface area contributed by atoms with Crippen LogP contribution in [0.4, 0.5) is 0 Å². The lowest BCUT2D eigenvalue weighted by atomic mass is 9.69. The van der Waals surface area contributed by atoms with Crippen LogP contribution in [-0.4, -0.2) is 24.5 Å². The number of carbonyl (C=O) groups is 1. The Labute approximate surface area is 111 Å². The zero-order valence-corrected chi connectivity index (χ0v) is 12.1. The summed E-state index contributed by atoms with van der Waals surface area (Å²) in [6, 6.07) is 1.00. The minimum Gasteiger partial charge on any atom is -0.354 e. The molecule has 3 nitrogen and oxygen atoms in total. The smallest absolute Gasteiger partial charge is 0.221 e. The van der Waals surface area contributed by atoms with Gasteiger partial charge in [-0.2, -0.15) is 0 Å². The number of amides is 1. The largest absolute Gasteiger partial charge is 0.354 e. The fourth-order valence-corrected chi connectivity index (χ4v) is 3.39. The molecule has 0 aromatic heterocycles. The van der Waals surface area contributed by atoms with E-state index in [0.29, 0.717) is 23.9 Å². The molecule has 2 N–H and O–H groups in total. The van der Waals surface area contributed by atoms with Crippen molar-refractivity contribution in [3.63, 3.8) is 0 Å². The van der Waals surface area contributed by atoms with Crippen LogP contribution in [0.5, 0.6) is 0 Å². The first-order valence-electron chi connectivity index (χ1n) is 7.54. The van der Waals surface area contributed by atoms with E-state index in [4.69, 9.17) is 0 Å². The van der Waals surface area contributed by atoms with Crippen molar-refractivity contribution >= 4 is 5.91 Å². The molecule has 18 heavy (non-hydrogen) atoms. The Hall–Kier alpha value is -0.570. The molecule has 104 valence electrons. The van der Waals surface area contributed by atoms with Crippen LogP contribution in [-0.2, 0) is 4.79 Å². The van der Waals surface area contributed by atoms with E-state index < -0.39 is 0 Å². The van der Waals surface area contributed by atoms with E-state index in [9.17, 15) is 4.79 Å². The lowest BCUT2D eigenvalue weighted by Gasteiger charge is -2.39. The molecule has 0 spiro atoms. The zero-order chi connectivity index (χ0) is 13.2. The van der Waals surface area contributed by atoms with Crippen LogP contribution in [0.1, 0.15) is 59.3 Å². The predicted molar refractivity (Wildman–Crippen MR) is 74.4 cm³/mol. The molecule has 1 aliphatic carbocycles. The summed E-state index contributed by atoms with van der Waals surface area (Å²) in [5, 5.41) is 6.55. The molecule has 1 saturated heterocycles. The van der Waals surface area contributed by atoms with Crippen molar-refractivity contribution in [2.45, 2.75) is 71.4 Å². The van der Waals surface area contributed by atoms with Crippen molar-refractivity contribution in [1.29, 1.82) is 0 Å². The molecular formula is C15H28N2O. The summed E-state index contributed by atoms with van der Waals surface area (Å²) in [6.07, 6.45) is 7.17. The molecule has 0 radical (unpaired) electrons. The summed E-state index contributed by atoms with van der Waals surface area (Å²) in [5.41, 5.74) is 0.496. The van der Waals surface area contributed by atoms with Crippen LogP contribution in [0.15, 0.2) is 0 Å². The van der Waals surface area contributed by atoms with Gasteiger partial charge in [0, 0.05) is 25.0 Å². The van der Waals surface area contributed by atoms with Crippen molar-refractivity contribution in [1.82, 2.24) is 10.6 Å². The lowest BCUT2D eigenvalue weighted by molar-refractivity contribution is -0.119. The first-order chi connectivity index (χ1) is 8.51. The van der Waals surface area contributed by atoms with E-state index in [0.717, 1.165) is 12.5 Å². The molecule has 2 rings (SSSR count). The molecule has 1 unspecified atom stereocenters. The second kappa shape index (κ2) is 5.60. The van der Waals surface area contributed by atoms with Crippen LogP contribution in [0.3, 0.4) is 0 Å². The maximum Gasteiger partial charge on any atom is 0.221 e. The molecule has 0 aromatic carbocycles. The molecule has 1 amide bonds. The lowest BCUT2D eigenvalue weighted by Crippen LogP contribution is -2.43. The summed E-state index contributed by atoms with van der Waals surface area (Å²) in [4.78, 5) is 11.2. The van der Waals surface area contributed by atoms with Gasteiger partial charge in [0.2, 0.25) is 5.91 Å². The average molecular weight is 252 g/mol. The van der Waals surface area contributed by atoms with Crippen LogP contribution >= 0.6 is 0 Å². The van der Waals surface area contributed by atoms with Gasteiger partial charge in [0.1, 0.15) is 0 Å². The monoisotopic (exact) mass is 252 g/mol. The van der Waals surface area contributed by atoms with Crippen molar-refractivity contribution < 1.29 is 4.79 Å². The van der Waals surface area contributed by atoms with Gasteiger partial charge in [0.25, 0.3) is 0 Å². The first kappa shape index (κ1) is 13.9. The quantitative estimate of drug-likeness (QED) is 0.807.